The molecule has 0 saturated carbocycles. The molecule has 0 amide bonds. The first kappa shape index (κ1) is 20.6. The van der Waals surface area contributed by atoms with Crippen LogP contribution in [0.4, 0.5) is 0 Å². The molecular formula is C23H33N3O2. The summed E-state index contributed by atoms with van der Waals surface area (Å²) < 4.78 is 11.1. The lowest BCUT2D eigenvalue weighted by molar-refractivity contribution is 0.144. The fraction of sp³-hybridized carbons (Fsp3) is 0.478. The summed E-state index contributed by atoms with van der Waals surface area (Å²) in [6.45, 7) is 8.73. The van der Waals surface area contributed by atoms with Gasteiger partial charge in [0.15, 0.2) is 11.5 Å². The van der Waals surface area contributed by atoms with Gasteiger partial charge in [-0.3, -0.25) is 4.90 Å². The van der Waals surface area contributed by atoms with E-state index in [1.54, 1.807) is 14.2 Å². The zero-order valence-corrected chi connectivity index (χ0v) is 17.6. The molecule has 1 unspecified atom stereocenters. The second-order valence-electron chi connectivity index (χ2n) is 7.62. The minimum absolute atomic E-state index is 0.417. The summed E-state index contributed by atoms with van der Waals surface area (Å²) in [5, 5.41) is 3.70. The molecule has 0 spiro atoms. The molecule has 2 aromatic rings. The number of hydrogen-bond donors (Lipinski definition) is 1. The molecule has 1 heterocycles. The molecule has 2 aromatic carbocycles. The summed E-state index contributed by atoms with van der Waals surface area (Å²) in [5.41, 5.74) is 3.58. The number of nitrogens with zero attached hydrogens (tertiary/aromatic N) is 2. The van der Waals surface area contributed by atoms with E-state index in [2.05, 4.69) is 65.5 Å². The molecule has 0 bridgehead atoms. The van der Waals surface area contributed by atoms with Crippen molar-refractivity contribution in [3.8, 4) is 22.6 Å². The van der Waals surface area contributed by atoms with Crippen LogP contribution in [0.3, 0.4) is 0 Å². The average Bonchev–Trinajstić information content (AvgIpc) is 2.74. The van der Waals surface area contributed by atoms with Crippen LogP contribution < -0.4 is 14.8 Å². The fourth-order valence-electron chi connectivity index (χ4n) is 3.72. The van der Waals surface area contributed by atoms with Gasteiger partial charge in [-0.05, 0) is 42.8 Å². The van der Waals surface area contributed by atoms with Crippen molar-refractivity contribution in [2.45, 2.75) is 19.5 Å². The Balaban J connectivity index is 1.72. The molecule has 1 N–H and O–H groups in total. The Morgan fingerprint density at radius 1 is 0.964 bits per heavy atom. The minimum Gasteiger partial charge on any atom is -0.493 e. The first-order chi connectivity index (χ1) is 13.6. The second-order valence-corrected chi connectivity index (χ2v) is 7.62. The Hall–Kier alpha value is -2.08. The minimum atomic E-state index is 0.417. The Bertz CT molecular complexity index is 743. The number of ether oxygens (including phenoxy) is 2. The lowest BCUT2D eigenvalue weighted by Gasteiger charge is -2.34. The fourth-order valence-corrected chi connectivity index (χ4v) is 3.72. The Morgan fingerprint density at radius 3 is 2.25 bits per heavy atom. The number of hydrogen-bond acceptors (Lipinski definition) is 5. The maximum Gasteiger partial charge on any atom is 0.161 e. The summed E-state index contributed by atoms with van der Waals surface area (Å²) in [7, 11) is 5.57. The average molecular weight is 384 g/mol. The van der Waals surface area contributed by atoms with Crippen LogP contribution in [0, 0.1) is 0 Å². The molecule has 152 valence electrons. The zero-order valence-electron chi connectivity index (χ0n) is 17.6. The molecule has 0 radical (unpaired) electrons. The van der Waals surface area contributed by atoms with Crippen LogP contribution in [0.5, 0.6) is 11.5 Å². The van der Waals surface area contributed by atoms with Crippen LogP contribution in [0.2, 0.25) is 0 Å². The molecule has 1 aliphatic heterocycles. The van der Waals surface area contributed by atoms with Crippen molar-refractivity contribution < 1.29 is 9.47 Å². The van der Waals surface area contributed by atoms with Gasteiger partial charge in [0.1, 0.15) is 0 Å². The number of piperazine rings is 1. The monoisotopic (exact) mass is 383 g/mol. The molecule has 5 heteroatoms. The summed E-state index contributed by atoms with van der Waals surface area (Å²) in [6, 6.07) is 15.0. The van der Waals surface area contributed by atoms with Crippen LogP contribution in [0.1, 0.15) is 12.5 Å². The van der Waals surface area contributed by atoms with Crippen molar-refractivity contribution in [2.75, 3.05) is 54.0 Å². The van der Waals surface area contributed by atoms with Crippen LogP contribution in [-0.4, -0.2) is 69.8 Å². The SMILES string of the molecule is COc1cc(CNC(C)CN2CCN(C)CC2)c(-c2ccccc2)cc1OC. The lowest BCUT2D eigenvalue weighted by Crippen LogP contribution is -2.48. The highest BCUT2D eigenvalue weighted by molar-refractivity contribution is 5.71. The summed E-state index contributed by atoms with van der Waals surface area (Å²) in [6.07, 6.45) is 0. The van der Waals surface area contributed by atoms with E-state index in [9.17, 15) is 0 Å². The second kappa shape index (κ2) is 9.92. The lowest BCUT2D eigenvalue weighted by atomic mass is 9.98. The molecule has 1 atom stereocenters. The molecule has 3 rings (SSSR count). The number of rotatable bonds is 8. The van der Waals surface area contributed by atoms with E-state index in [1.807, 2.05) is 6.07 Å². The summed E-state index contributed by atoms with van der Waals surface area (Å²) in [5.74, 6) is 1.53. The molecule has 28 heavy (non-hydrogen) atoms. The van der Waals surface area contributed by atoms with Gasteiger partial charge in [-0.15, -0.1) is 0 Å². The van der Waals surface area contributed by atoms with Crippen LogP contribution in [0.25, 0.3) is 11.1 Å². The zero-order chi connectivity index (χ0) is 19.9. The van der Waals surface area contributed by atoms with Gasteiger partial charge < -0.3 is 19.7 Å². The van der Waals surface area contributed by atoms with E-state index in [-0.39, 0.29) is 0 Å². The van der Waals surface area contributed by atoms with Gasteiger partial charge >= 0.3 is 0 Å². The van der Waals surface area contributed by atoms with Gasteiger partial charge in [0.2, 0.25) is 0 Å². The number of likely N-dealkylation sites (N-methyl/N-ethyl adjacent to an activating group) is 1. The molecule has 1 saturated heterocycles. The van der Waals surface area contributed by atoms with Gasteiger partial charge in [0, 0.05) is 45.3 Å². The maximum absolute atomic E-state index is 5.54. The van der Waals surface area contributed by atoms with Crippen LogP contribution >= 0.6 is 0 Å². The van der Waals surface area contributed by atoms with E-state index in [0.29, 0.717) is 6.04 Å². The molecule has 1 fully saturated rings. The molecule has 0 aliphatic carbocycles. The highest BCUT2D eigenvalue weighted by Gasteiger charge is 2.17. The highest BCUT2D eigenvalue weighted by Crippen LogP contribution is 2.35. The standard InChI is InChI=1S/C23H33N3O2/c1-18(17-26-12-10-25(2)11-13-26)24-16-20-14-22(27-3)23(28-4)15-21(20)19-8-6-5-7-9-19/h5-9,14-15,18,24H,10-13,16-17H2,1-4H3. The first-order valence-electron chi connectivity index (χ1n) is 10.0. The third kappa shape index (κ3) is 5.25. The predicted octanol–water partition coefficient (Wildman–Crippen LogP) is 3.10. The van der Waals surface area contributed by atoms with Gasteiger partial charge in [0.05, 0.1) is 14.2 Å². The van der Waals surface area contributed by atoms with Gasteiger partial charge in [0.25, 0.3) is 0 Å². The van der Waals surface area contributed by atoms with Crippen molar-refractivity contribution in [1.82, 2.24) is 15.1 Å². The summed E-state index contributed by atoms with van der Waals surface area (Å²) >= 11 is 0. The topological polar surface area (TPSA) is 37.0 Å². The van der Waals surface area contributed by atoms with E-state index < -0.39 is 0 Å². The van der Waals surface area contributed by atoms with E-state index in [1.165, 1.54) is 16.7 Å². The smallest absolute Gasteiger partial charge is 0.161 e. The normalized spacial score (nSPS) is 16.7. The van der Waals surface area contributed by atoms with Crippen molar-refractivity contribution in [2.24, 2.45) is 0 Å². The van der Waals surface area contributed by atoms with Crippen molar-refractivity contribution >= 4 is 0 Å². The molecule has 0 aromatic heterocycles. The Kier molecular flexibility index (Phi) is 7.31. The Labute approximate surface area is 169 Å². The number of benzene rings is 2. The molecular weight excluding hydrogens is 350 g/mol. The van der Waals surface area contributed by atoms with Gasteiger partial charge in [-0.1, -0.05) is 30.3 Å². The maximum atomic E-state index is 5.54. The van der Waals surface area contributed by atoms with E-state index in [4.69, 9.17) is 9.47 Å². The molecule has 5 nitrogen and oxygen atoms in total. The summed E-state index contributed by atoms with van der Waals surface area (Å²) in [4.78, 5) is 4.94. The van der Waals surface area contributed by atoms with E-state index in [0.717, 1.165) is 50.8 Å². The Morgan fingerprint density at radius 2 is 1.61 bits per heavy atom. The number of methoxy groups -OCH3 is 2. The molecule has 1 aliphatic rings. The third-order valence-electron chi connectivity index (χ3n) is 5.46. The first-order valence-corrected chi connectivity index (χ1v) is 10.0. The van der Waals surface area contributed by atoms with Crippen LogP contribution in [-0.2, 0) is 6.54 Å². The third-order valence-corrected chi connectivity index (χ3v) is 5.46. The highest BCUT2D eigenvalue weighted by atomic mass is 16.5. The van der Waals surface area contributed by atoms with Crippen LogP contribution in [0.15, 0.2) is 42.5 Å². The van der Waals surface area contributed by atoms with Gasteiger partial charge in [-0.2, -0.15) is 0 Å². The van der Waals surface area contributed by atoms with Gasteiger partial charge in [-0.25, -0.2) is 0 Å². The quantitative estimate of drug-likeness (QED) is 0.758. The predicted molar refractivity (Wildman–Crippen MR) is 115 cm³/mol. The van der Waals surface area contributed by atoms with E-state index >= 15 is 0 Å². The number of nitrogens with one attached hydrogen (secondary N) is 1. The largest absolute Gasteiger partial charge is 0.493 e. The van der Waals surface area contributed by atoms with Crippen molar-refractivity contribution in [3.63, 3.8) is 0 Å². The van der Waals surface area contributed by atoms with Crippen molar-refractivity contribution in [1.29, 1.82) is 0 Å². The van der Waals surface area contributed by atoms with Crippen molar-refractivity contribution in [3.05, 3.63) is 48.0 Å².